The van der Waals surface area contributed by atoms with Crippen LogP contribution in [-0.2, 0) is 4.79 Å². The second-order valence-corrected chi connectivity index (χ2v) is 3.77. The second kappa shape index (κ2) is 5.85. The third-order valence-electron chi connectivity index (χ3n) is 0.871. The van der Waals surface area contributed by atoms with Gasteiger partial charge in [-0.3, -0.25) is 0 Å². The molecule has 0 bridgehead atoms. The van der Waals surface area contributed by atoms with Gasteiger partial charge in [0.05, 0.1) is 4.21 Å². The van der Waals surface area contributed by atoms with Gasteiger partial charge in [-0.25, -0.2) is 4.79 Å². The van der Waals surface area contributed by atoms with Gasteiger partial charge in [0.1, 0.15) is 0 Å². The van der Waals surface area contributed by atoms with Crippen molar-refractivity contribution in [3.05, 3.63) is 29.7 Å². The first kappa shape index (κ1) is 11.3. The van der Waals surface area contributed by atoms with Crippen LogP contribution < -0.4 is 0 Å². The zero-order valence-electron chi connectivity index (χ0n) is 6.65. The van der Waals surface area contributed by atoms with Crippen LogP contribution in [0.3, 0.4) is 0 Å². The molecule has 0 fully saturated rings. The SMILES string of the molecule is C=C(C)C(=O)O.Sc1cccs1. The summed E-state index contributed by atoms with van der Waals surface area (Å²) < 4.78 is 1.08. The van der Waals surface area contributed by atoms with Crippen molar-refractivity contribution >= 4 is 29.9 Å². The summed E-state index contributed by atoms with van der Waals surface area (Å²) in [5.74, 6) is -0.935. The van der Waals surface area contributed by atoms with E-state index in [1.54, 1.807) is 11.3 Å². The summed E-state index contributed by atoms with van der Waals surface area (Å²) >= 11 is 5.70. The predicted molar refractivity (Wildman–Crippen MR) is 54.0 cm³/mol. The molecule has 0 saturated carbocycles. The standard InChI is InChI=1S/C4H6O2.C4H4S2/c1-3(2)4(5)6;5-4-2-1-3-6-4/h1H2,2H3,(H,5,6);1-3,5H. The molecule has 0 aromatic carbocycles. The van der Waals surface area contributed by atoms with Crippen LogP contribution in [0.15, 0.2) is 33.9 Å². The lowest BCUT2D eigenvalue weighted by Gasteiger charge is -1.79. The number of carboxylic acids is 1. The van der Waals surface area contributed by atoms with Gasteiger partial charge in [0.2, 0.25) is 0 Å². The Balaban J connectivity index is 0.000000202. The van der Waals surface area contributed by atoms with Gasteiger partial charge < -0.3 is 5.11 Å². The molecule has 0 aliphatic rings. The maximum Gasteiger partial charge on any atom is 0.330 e. The fourth-order valence-electron chi connectivity index (χ4n) is 0.270. The highest BCUT2D eigenvalue weighted by atomic mass is 32.2. The Morgan fingerprint density at radius 1 is 1.75 bits per heavy atom. The van der Waals surface area contributed by atoms with Gasteiger partial charge in [0, 0.05) is 5.57 Å². The van der Waals surface area contributed by atoms with Crippen LogP contribution in [0.5, 0.6) is 0 Å². The Kier molecular flexibility index (Phi) is 5.49. The number of thiol groups is 1. The molecule has 1 rings (SSSR count). The molecule has 1 heterocycles. The van der Waals surface area contributed by atoms with E-state index in [0.29, 0.717) is 0 Å². The lowest BCUT2D eigenvalue weighted by atomic mass is 10.4. The lowest BCUT2D eigenvalue weighted by Crippen LogP contribution is -1.92. The average molecular weight is 202 g/mol. The summed E-state index contributed by atoms with van der Waals surface area (Å²) in [6, 6.07) is 3.95. The number of rotatable bonds is 1. The highest BCUT2D eigenvalue weighted by molar-refractivity contribution is 7.82. The molecule has 0 amide bonds. The van der Waals surface area contributed by atoms with Crippen molar-refractivity contribution in [2.24, 2.45) is 0 Å². The Bertz CT molecular complexity index is 240. The van der Waals surface area contributed by atoms with Crippen molar-refractivity contribution in [2.45, 2.75) is 11.1 Å². The van der Waals surface area contributed by atoms with Crippen LogP contribution in [0, 0.1) is 0 Å². The van der Waals surface area contributed by atoms with Crippen molar-refractivity contribution in [1.29, 1.82) is 0 Å². The fraction of sp³-hybridized carbons (Fsp3) is 0.125. The monoisotopic (exact) mass is 202 g/mol. The largest absolute Gasteiger partial charge is 0.478 e. The molecule has 66 valence electrons. The van der Waals surface area contributed by atoms with E-state index in [0.717, 1.165) is 4.21 Å². The Labute approximate surface area is 81.0 Å². The molecule has 0 aliphatic carbocycles. The van der Waals surface area contributed by atoms with Gasteiger partial charge in [0.15, 0.2) is 0 Å². The number of hydrogen-bond donors (Lipinski definition) is 2. The number of aliphatic carboxylic acids is 1. The summed E-state index contributed by atoms with van der Waals surface area (Å²) in [5.41, 5.74) is 0.176. The van der Waals surface area contributed by atoms with Crippen molar-refractivity contribution in [2.75, 3.05) is 0 Å². The first-order valence-electron chi connectivity index (χ1n) is 3.15. The van der Waals surface area contributed by atoms with Crippen molar-refractivity contribution in [1.82, 2.24) is 0 Å². The summed E-state index contributed by atoms with van der Waals surface area (Å²) in [6.07, 6.45) is 0. The van der Waals surface area contributed by atoms with E-state index in [1.807, 2.05) is 17.5 Å². The van der Waals surface area contributed by atoms with Gasteiger partial charge in [0.25, 0.3) is 0 Å². The first-order chi connectivity index (χ1) is 5.54. The number of carboxylic acid groups (broad SMARTS) is 1. The topological polar surface area (TPSA) is 37.3 Å². The number of carbonyl (C=O) groups is 1. The molecule has 0 aliphatic heterocycles. The normalized spacial score (nSPS) is 8.17. The molecule has 1 N–H and O–H groups in total. The summed E-state index contributed by atoms with van der Waals surface area (Å²) in [6.45, 7) is 4.60. The maximum atomic E-state index is 9.60. The van der Waals surface area contributed by atoms with Crippen LogP contribution >= 0.6 is 24.0 Å². The quantitative estimate of drug-likeness (QED) is 0.542. The molecule has 0 radical (unpaired) electrons. The van der Waals surface area contributed by atoms with Gasteiger partial charge in [-0.15, -0.1) is 24.0 Å². The van der Waals surface area contributed by atoms with Crippen LogP contribution in [0.4, 0.5) is 0 Å². The van der Waals surface area contributed by atoms with E-state index in [2.05, 4.69) is 19.2 Å². The van der Waals surface area contributed by atoms with E-state index in [9.17, 15) is 4.79 Å². The molecule has 0 atom stereocenters. The van der Waals surface area contributed by atoms with Gasteiger partial charge in [-0.1, -0.05) is 12.6 Å². The van der Waals surface area contributed by atoms with Gasteiger partial charge in [-0.05, 0) is 18.4 Å². The van der Waals surface area contributed by atoms with Crippen LogP contribution in [-0.4, -0.2) is 11.1 Å². The Morgan fingerprint density at radius 2 is 2.25 bits per heavy atom. The Hall–Kier alpha value is -0.740. The molecule has 0 spiro atoms. The van der Waals surface area contributed by atoms with E-state index in [4.69, 9.17) is 5.11 Å². The van der Waals surface area contributed by atoms with Crippen molar-refractivity contribution < 1.29 is 9.90 Å². The third kappa shape index (κ3) is 6.00. The molecular weight excluding hydrogens is 192 g/mol. The minimum Gasteiger partial charge on any atom is -0.478 e. The minimum absolute atomic E-state index is 0.176. The molecule has 1 aromatic rings. The molecule has 2 nitrogen and oxygen atoms in total. The predicted octanol–water partition coefficient (Wildman–Crippen LogP) is 2.68. The molecule has 12 heavy (non-hydrogen) atoms. The summed E-state index contributed by atoms with van der Waals surface area (Å²) in [7, 11) is 0. The lowest BCUT2D eigenvalue weighted by molar-refractivity contribution is -0.132. The van der Waals surface area contributed by atoms with Crippen molar-refractivity contribution in [3.8, 4) is 0 Å². The number of thiophene rings is 1. The zero-order chi connectivity index (χ0) is 9.56. The van der Waals surface area contributed by atoms with Gasteiger partial charge >= 0.3 is 5.97 Å². The number of hydrogen-bond acceptors (Lipinski definition) is 3. The van der Waals surface area contributed by atoms with E-state index >= 15 is 0 Å². The fourth-order valence-corrected chi connectivity index (χ4v) is 0.992. The molecule has 0 unspecified atom stereocenters. The maximum absolute atomic E-state index is 9.60. The minimum atomic E-state index is -0.935. The van der Waals surface area contributed by atoms with Crippen LogP contribution in [0.25, 0.3) is 0 Å². The molecule has 1 aromatic heterocycles. The van der Waals surface area contributed by atoms with E-state index in [1.165, 1.54) is 6.92 Å². The molecule has 0 saturated heterocycles. The molecule has 4 heteroatoms. The van der Waals surface area contributed by atoms with Crippen LogP contribution in [0.2, 0.25) is 0 Å². The molecular formula is C8H10O2S2. The second-order valence-electron chi connectivity index (χ2n) is 2.04. The highest BCUT2D eigenvalue weighted by Crippen LogP contribution is 2.11. The first-order valence-corrected chi connectivity index (χ1v) is 4.48. The zero-order valence-corrected chi connectivity index (χ0v) is 8.36. The smallest absolute Gasteiger partial charge is 0.330 e. The van der Waals surface area contributed by atoms with E-state index in [-0.39, 0.29) is 5.57 Å². The summed E-state index contributed by atoms with van der Waals surface area (Å²) in [5, 5.41) is 9.89. The van der Waals surface area contributed by atoms with Crippen LogP contribution in [0.1, 0.15) is 6.92 Å². The summed E-state index contributed by atoms with van der Waals surface area (Å²) in [4.78, 5) is 9.60. The van der Waals surface area contributed by atoms with Gasteiger partial charge in [-0.2, -0.15) is 0 Å². The average Bonchev–Trinajstić information content (AvgIpc) is 2.40. The Morgan fingerprint density at radius 3 is 2.33 bits per heavy atom. The highest BCUT2D eigenvalue weighted by Gasteiger charge is 1.90. The van der Waals surface area contributed by atoms with E-state index < -0.39 is 5.97 Å². The van der Waals surface area contributed by atoms with Crippen molar-refractivity contribution in [3.63, 3.8) is 0 Å². The third-order valence-corrected chi connectivity index (χ3v) is 2.01.